The highest BCUT2D eigenvalue weighted by molar-refractivity contribution is 6.34. The molecule has 0 spiro atoms. The van der Waals surface area contributed by atoms with Crippen molar-refractivity contribution in [1.82, 2.24) is 15.2 Å². The summed E-state index contributed by atoms with van der Waals surface area (Å²) in [5.74, 6) is 0.187. The molecule has 1 aliphatic rings. The summed E-state index contributed by atoms with van der Waals surface area (Å²) in [5, 5.41) is 6.72. The molecule has 1 amide bonds. The minimum absolute atomic E-state index is 0. The molecule has 8 heteroatoms. The summed E-state index contributed by atoms with van der Waals surface area (Å²) in [5.41, 5.74) is 4.47. The number of rotatable bonds is 5. The van der Waals surface area contributed by atoms with E-state index in [1.54, 1.807) is 24.3 Å². The molecule has 0 saturated carbocycles. The lowest BCUT2D eigenvalue weighted by Crippen LogP contribution is -2.42. The standard InChI is InChI=1S/C25H23ClN4O2.ClH/c26-20-7-3-1-5-18(20)24(31)28-21-8-4-2-6-19(21)25-29-22-10-9-17(15-23(22)32-25)16-30-13-11-27-12-14-30;/h1-10,15,27H,11-14,16H2,(H,28,31);1H. The predicted molar refractivity (Wildman–Crippen MR) is 134 cm³/mol. The van der Waals surface area contributed by atoms with E-state index in [0.29, 0.717) is 27.7 Å². The molecule has 0 aliphatic carbocycles. The van der Waals surface area contributed by atoms with Crippen molar-refractivity contribution in [3.8, 4) is 11.5 Å². The fraction of sp³-hybridized carbons (Fsp3) is 0.200. The maximum absolute atomic E-state index is 12.8. The third-order valence-electron chi connectivity index (χ3n) is 5.59. The minimum Gasteiger partial charge on any atom is -0.436 e. The maximum atomic E-state index is 12.8. The number of halogens is 2. The Morgan fingerprint density at radius 3 is 2.64 bits per heavy atom. The molecule has 1 aliphatic heterocycles. The average molecular weight is 483 g/mol. The molecule has 6 nitrogen and oxygen atoms in total. The van der Waals surface area contributed by atoms with Gasteiger partial charge in [0.1, 0.15) is 5.52 Å². The van der Waals surface area contributed by atoms with Crippen LogP contribution in [0.4, 0.5) is 5.69 Å². The number of benzene rings is 3. The van der Waals surface area contributed by atoms with Gasteiger partial charge >= 0.3 is 0 Å². The molecule has 2 N–H and O–H groups in total. The van der Waals surface area contributed by atoms with Crippen LogP contribution in [-0.2, 0) is 6.54 Å². The molecular formula is C25H24Cl2N4O2. The van der Waals surface area contributed by atoms with Gasteiger partial charge in [-0.05, 0) is 42.0 Å². The van der Waals surface area contributed by atoms with Crippen molar-refractivity contribution < 1.29 is 9.21 Å². The van der Waals surface area contributed by atoms with Gasteiger partial charge in [0.2, 0.25) is 5.89 Å². The fourth-order valence-corrected chi connectivity index (χ4v) is 4.15. The number of oxazole rings is 1. The molecule has 170 valence electrons. The smallest absolute Gasteiger partial charge is 0.257 e. The second kappa shape index (κ2) is 10.4. The second-order valence-electron chi connectivity index (χ2n) is 7.83. The van der Waals surface area contributed by atoms with E-state index in [0.717, 1.165) is 43.8 Å². The van der Waals surface area contributed by atoms with Gasteiger partial charge in [0, 0.05) is 32.7 Å². The lowest BCUT2D eigenvalue weighted by atomic mass is 10.1. The van der Waals surface area contributed by atoms with Gasteiger partial charge in [0.05, 0.1) is 21.8 Å². The Morgan fingerprint density at radius 1 is 1.06 bits per heavy atom. The minimum atomic E-state index is -0.280. The van der Waals surface area contributed by atoms with Gasteiger partial charge < -0.3 is 15.1 Å². The molecule has 1 saturated heterocycles. The van der Waals surface area contributed by atoms with Crippen LogP contribution < -0.4 is 10.6 Å². The van der Waals surface area contributed by atoms with E-state index in [4.69, 9.17) is 16.0 Å². The molecule has 5 rings (SSSR count). The van der Waals surface area contributed by atoms with Gasteiger partial charge in [-0.15, -0.1) is 12.4 Å². The van der Waals surface area contributed by atoms with E-state index in [2.05, 4.69) is 32.7 Å². The second-order valence-corrected chi connectivity index (χ2v) is 8.23. The SMILES string of the molecule is Cl.O=C(Nc1ccccc1-c1nc2ccc(CN3CCNCC3)cc2o1)c1ccccc1Cl. The van der Waals surface area contributed by atoms with Crippen LogP contribution in [0, 0.1) is 0 Å². The summed E-state index contributed by atoms with van der Waals surface area (Å²) in [6, 6.07) is 20.6. The number of hydrogen-bond acceptors (Lipinski definition) is 5. The number of fused-ring (bicyclic) bond motifs is 1. The third-order valence-corrected chi connectivity index (χ3v) is 5.92. The zero-order valence-electron chi connectivity index (χ0n) is 17.9. The van der Waals surface area contributed by atoms with Gasteiger partial charge in [0.25, 0.3) is 5.91 Å². The Balaban J connectivity index is 0.00000259. The van der Waals surface area contributed by atoms with Crippen molar-refractivity contribution in [2.24, 2.45) is 0 Å². The van der Waals surface area contributed by atoms with Crippen molar-refractivity contribution in [2.45, 2.75) is 6.54 Å². The predicted octanol–water partition coefficient (Wildman–Crippen LogP) is 5.23. The van der Waals surface area contributed by atoms with Crippen molar-refractivity contribution in [2.75, 3.05) is 31.5 Å². The maximum Gasteiger partial charge on any atom is 0.257 e. The third kappa shape index (κ3) is 5.20. The van der Waals surface area contributed by atoms with Crippen LogP contribution in [0.2, 0.25) is 5.02 Å². The number of nitrogens with zero attached hydrogens (tertiary/aromatic N) is 2. The first-order valence-electron chi connectivity index (χ1n) is 10.7. The molecule has 3 aromatic carbocycles. The number of aromatic nitrogens is 1. The molecule has 0 radical (unpaired) electrons. The number of para-hydroxylation sites is 1. The zero-order chi connectivity index (χ0) is 21.9. The van der Waals surface area contributed by atoms with Gasteiger partial charge in [0.15, 0.2) is 5.58 Å². The molecule has 33 heavy (non-hydrogen) atoms. The zero-order valence-corrected chi connectivity index (χ0v) is 19.5. The quantitative estimate of drug-likeness (QED) is 0.407. The van der Waals surface area contributed by atoms with Crippen molar-refractivity contribution in [3.05, 3.63) is 82.9 Å². The van der Waals surface area contributed by atoms with Crippen LogP contribution in [-0.4, -0.2) is 42.0 Å². The molecular weight excluding hydrogens is 459 g/mol. The van der Waals surface area contributed by atoms with Crippen LogP contribution in [0.1, 0.15) is 15.9 Å². The molecule has 1 fully saturated rings. The number of carbonyl (C=O) groups excluding carboxylic acids is 1. The summed E-state index contributed by atoms with van der Waals surface area (Å²) < 4.78 is 6.12. The number of piperazine rings is 1. The van der Waals surface area contributed by atoms with Crippen LogP contribution in [0.3, 0.4) is 0 Å². The highest BCUT2D eigenvalue weighted by Gasteiger charge is 2.17. The number of nitrogens with one attached hydrogen (secondary N) is 2. The van der Waals surface area contributed by atoms with E-state index >= 15 is 0 Å². The summed E-state index contributed by atoms with van der Waals surface area (Å²) in [6.45, 7) is 5.01. The monoisotopic (exact) mass is 482 g/mol. The molecule has 0 unspecified atom stereocenters. The van der Waals surface area contributed by atoms with E-state index in [1.807, 2.05) is 30.3 Å². The number of carbonyl (C=O) groups is 1. The lowest BCUT2D eigenvalue weighted by Gasteiger charge is -2.27. The number of hydrogen-bond donors (Lipinski definition) is 2. The van der Waals surface area contributed by atoms with E-state index in [9.17, 15) is 4.79 Å². The molecule has 1 aromatic heterocycles. The first-order chi connectivity index (χ1) is 15.7. The average Bonchev–Trinajstić information content (AvgIpc) is 3.23. The number of anilines is 1. The topological polar surface area (TPSA) is 70.4 Å². The summed E-state index contributed by atoms with van der Waals surface area (Å²) >= 11 is 6.18. The van der Waals surface area contributed by atoms with Crippen LogP contribution in [0.5, 0.6) is 0 Å². The Labute approximate surface area is 203 Å². The van der Waals surface area contributed by atoms with E-state index in [1.165, 1.54) is 5.56 Å². The summed E-state index contributed by atoms with van der Waals surface area (Å²) in [4.78, 5) is 19.9. The highest BCUT2D eigenvalue weighted by atomic mass is 35.5. The van der Waals surface area contributed by atoms with Crippen LogP contribution >= 0.6 is 24.0 Å². The Kier molecular flexibility index (Phi) is 7.30. The first-order valence-corrected chi connectivity index (χ1v) is 11.0. The fourth-order valence-electron chi connectivity index (χ4n) is 3.92. The van der Waals surface area contributed by atoms with Crippen molar-refractivity contribution in [1.29, 1.82) is 0 Å². The molecule has 4 aromatic rings. The van der Waals surface area contributed by atoms with Gasteiger partial charge in [-0.25, -0.2) is 4.98 Å². The van der Waals surface area contributed by atoms with E-state index < -0.39 is 0 Å². The Hall–Kier alpha value is -2.90. The molecule has 2 heterocycles. The molecule has 0 bridgehead atoms. The van der Waals surface area contributed by atoms with Crippen molar-refractivity contribution >= 4 is 46.7 Å². The Bertz CT molecular complexity index is 1270. The van der Waals surface area contributed by atoms with Gasteiger partial charge in [-0.3, -0.25) is 9.69 Å². The van der Waals surface area contributed by atoms with Crippen LogP contribution in [0.25, 0.3) is 22.6 Å². The summed E-state index contributed by atoms with van der Waals surface area (Å²) in [7, 11) is 0. The van der Waals surface area contributed by atoms with Crippen molar-refractivity contribution in [3.63, 3.8) is 0 Å². The highest BCUT2D eigenvalue weighted by Crippen LogP contribution is 2.31. The normalized spacial score (nSPS) is 14.1. The number of amides is 1. The first kappa shape index (κ1) is 23.3. The van der Waals surface area contributed by atoms with E-state index in [-0.39, 0.29) is 18.3 Å². The van der Waals surface area contributed by atoms with Gasteiger partial charge in [-0.1, -0.05) is 41.9 Å². The Morgan fingerprint density at radius 2 is 1.82 bits per heavy atom. The van der Waals surface area contributed by atoms with Crippen LogP contribution in [0.15, 0.2) is 71.1 Å². The summed E-state index contributed by atoms with van der Waals surface area (Å²) in [6.07, 6.45) is 0. The van der Waals surface area contributed by atoms with Gasteiger partial charge in [-0.2, -0.15) is 0 Å². The molecule has 0 atom stereocenters. The lowest BCUT2D eigenvalue weighted by molar-refractivity contribution is 0.102. The largest absolute Gasteiger partial charge is 0.436 e.